The normalized spacial score (nSPS) is 10.6. The van der Waals surface area contributed by atoms with E-state index in [1.807, 2.05) is 96.4 Å². The van der Waals surface area contributed by atoms with Gasteiger partial charge in [-0.1, -0.05) is 66.2 Å². The molecule has 0 aliphatic carbocycles. The molecule has 0 atom stereocenters. The number of carbonyl (C=O) groups is 1. The standard InChI is InChI=1S/C25H19NO2/c1-18-12-14-22(15-13-18)26-23(20-10-6-3-7-11-20)16-21(17-24(26)25(27)28)19-8-4-2-5-9-19/h2-17H,1H3/p+1. The highest BCUT2D eigenvalue weighted by Crippen LogP contribution is 2.26. The fourth-order valence-corrected chi connectivity index (χ4v) is 3.34. The Morgan fingerprint density at radius 3 is 1.86 bits per heavy atom. The molecule has 0 unspecified atom stereocenters. The first-order valence-corrected chi connectivity index (χ1v) is 9.15. The third-order valence-electron chi connectivity index (χ3n) is 4.75. The average Bonchev–Trinajstić information content (AvgIpc) is 2.75. The highest BCUT2D eigenvalue weighted by atomic mass is 16.4. The summed E-state index contributed by atoms with van der Waals surface area (Å²) in [7, 11) is 0. The van der Waals surface area contributed by atoms with Gasteiger partial charge in [-0.2, -0.15) is 0 Å². The van der Waals surface area contributed by atoms with Crippen molar-refractivity contribution < 1.29 is 14.5 Å². The van der Waals surface area contributed by atoms with Gasteiger partial charge in [0.2, 0.25) is 11.4 Å². The van der Waals surface area contributed by atoms with Crippen LogP contribution in [0.1, 0.15) is 16.1 Å². The van der Waals surface area contributed by atoms with Gasteiger partial charge in [0.25, 0.3) is 5.69 Å². The molecule has 28 heavy (non-hydrogen) atoms. The monoisotopic (exact) mass is 366 g/mol. The Balaban J connectivity index is 2.05. The highest BCUT2D eigenvalue weighted by Gasteiger charge is 2.27. The van der Waals surface area contributed by atoms with Crippen LogP contribution in [0.2, 0.25) is 0 Å². The number of carboxylic acids is 1. The van der Waals surface area contributed by atoms with Crippen molar-refractivity contribution in [1.82, 2.24) is 0 Å². The van der Waals surface area contributed by atoms with E-state index in [9.17, 15) is 9.90 Å². The molecular formula is C25H20NO2+. The molecule has 1 N–H and O–H groups in total. The summed E-state index contributed by atoms with van der Waals surface area (Å²) >= 11 is 0. The molecule has 4 rings (SSSR count). The third-order valence-corrected chi connectivity index (χ3v) is 4.75. The summed E-state index contributed by atoms with van der Waals surface area (Å²) < 4.78 is 1.81. The minimum absolute atomic E-state index is 0.226. The summed E-state index contributed by atoms with van der Waals surface area (Å²) in [5.41, 5.74) is 5.83. The van der Waals surface area contributed by atoms with Gasteiger partial charge in [-0.3, -0.25) is 0 Å². The third kappa shape index (κ3) is 3.42. The summed E-state index contributed by atoms with van der Waals surface area (Å²) in [5.74, 6) is -0.962. The minimum Gasteiger partial charge on any atom is -0.473 e. The molecule has 3 aromatic carbocycles. The topological polar surface area (TPSA) is 41.2 Å². The lowest BCUT2D eigenvalue weighted by Crippen LogP contribution is -2.40. The van der Waals surface area contributed by atoms with Crippen molar-refractivity contribution in [3.8, 4) is 28.1 Å². The van der Waals surface area contributed by atoms with Gasteiger partial charge in [0.05, 0.1) is 0 Å². The molecule has 0 aliphatic heterocycles. The lowest BCUT2D eigenvalue weighted by Gasteiger charge is -2.10. The largest absolute Gasteiger partial charge is 0.473 e. The number of hydrogen-bond donors (Lipinski definition) is 1. The van der Waals surface area contributed by atoms with E-state index in [4.69, 9.17) is 0 Å². The molecule has 0 aliphatic rings. The van der Waals surface area contributed by atoms with Gasteiger partial charge in [-0.25, -0.2) is 4.79 Å². The fourth-order valence-electron chi connectivity index (χ4n) is 3.34. The lowest BCUT2D eigenvalue weighted by atomic mass is 10.0. The molecule has 0 saturated carbocycles. The fraction of sp³-hybridized carbons (Fsp3) is 0.0400. The Bertz CT molecular complexity index is 1120. The second kappa shape index (κ2) is 7.49. The van der Waals surface area contributed by atoms with Crippen molar-refractivity contribution in [2.24, 2.45) is 0 Å². The molecule has 0 saturated heterocycles. The summed E-state index contributed by atoms with van der Waals surface area (Å²) in [6, 6.07) is 31.4. The minimum atomic E-state index is -0.962. The number of aryl methyl sites for hydroxylation is 1. The Morgan fingerprint density at radius 2 is 1.29 bits per heavy atom. The Hall–Kier alpha value is -3.72. The number of nitrogens with zero attached hydrogens (tertiary/aromatic N) is 1. The second-order valence-corrected chi connectivity index (χ2v) is 6.72. The Labute approximate surface area is 164 Å². The first-order chi connectivity index (χ1) is 13.6. The number of aromatic nitrogens is 1. The van der Waals surface area contributed by atoms with Crippen LogP contribution in [0.25, 0.3) is 28.1 Å². The van der Waals surface area contributed by atoms with Crippen molar-refractivity contribution >= 4 is 5.97 Å². The van der Waals surface area contributed by atoms with Crippen LogP contribution < -0.4 is 4.57 Å². The summed E-state index contributed by atoms with van der Waals surface area (Å²) in [4.78, 5) is 12.2. The van der Waals surface area contributed by atoms with Gasteiger partial charge in [-0.15, -0.1) is 4.57 Å². The van der Waals surface area contributed by atoms with Crippen molar-refractivity contribution in [3.05, 3.63) is 108 Å². The van der Waals surface area contributed by atoms with E-state index in [1.165, 1.54) is 0 Å². The molecule has 0 spiro atoms. The lowest BCUT2D eigenvalue weighted by molar-refractivity contribution is -0.587. The van der Waals surface area contributed by atoms with Crippen molar-refractivity contribution in [2.45, 2.75) is 6.92 Å². The van der Waals surface area contributed by atoms with Crippen LogP contribution in [0.15, 0.2) is 97.1 Å². The number of rotatable bonds is 4. The maximum atomic E-state index is 12.2. The van der Waals surface area contributed by atoms with E-state index < -0.39 is 5.97 Å². The van der Waals surface area contributed by atoms with E-state index in [1.54, 1.807) is 6.07 Å². The van der Waals surface area contributed by atoms with Crippen molar-refractivity contribution in [3.63, 3.8) is 0 Å². The van der Waals surface area contributed by atoms with Crippen LogP contribution in [0.3, 0.4) is 0 Å². The number of carboxylic acid groups (broad SMARTS) is 1. The number of aromatic carboxylic acids is 1. The Kier molecular flexibility index (Phi) is 4.73. The summed E-state index contributed by atoms with van der Waals surface area (Å²) in [6.45, 7) is 2.02. The smallest absolute Gasteiger partial charge is 0.401 e. The molecule has 0 radical (unpaired) electrons. The average molecular weight is 366 g/mol. The van der Waals surface area contributed by atoms with E-state index in [2.05, 4.69) is 6.07 Å². The van der Waals surface area contributed by atoms with Crippen LogP contribution in [-0.2, 0) is 0 Å². The molecule has 1 aromatic heterocycles. The summed E-state index contributed by atoms with van der Waals surface area (Å²) in [5, 5.41) is 10.0. The van der Waals surface area contributed by atoms with Crippen LogP contribution in [0, 0.1) is 6.92 Å². The van der Waals surface area contributed by atoms with E-state index in [0.717, 1.165) is 33.6 Å². The van der Waals surface area contributed by atoms with Crippen LogP contribution in [0.4, 0.5) is 0 Å². The molecule has 0 amide bonds. The van der Waals surface area contributed by atoms with E-state index in [0.29, 0.717) is 0 Å². The van der Waals surface area contributed by atoms with Gasteiger partial charge < -0.3 is 5.11 Å². The molecule has 4 aromatic rings. The first kappa shape index (κ1) is 17.7. The van der Waals surface area contributed by atoms with Crippen LogP contribution >= 0.6 is 0 Å². The molecular weight excluding hydrogens is 346 g/mol. The van der Waals surface area contributed by atoms with E-state index >= 15 is 0 Å². The number of pyridine rings is 1. The molecule has 0 bridgehead atoms. The molecule has 3 nitrogen and oxygen atoms in total. The Morgan fingerprint density at radius 1 is 0.714 bits per heavy atom. The number of hydrogen-bond acceptors (Lipinski definition) is 1. The van der Waals surface area contributed by atoms with Crippen LogP contribution in [0.5, 0.6) is 0 Å². The SMILES string of the molecule is Cc1ccc(-[n+]2c(C(=O)O)cc(-c3ccccc3)cc2-c2ccccc2)cc1. The predicted molar refractivity (Wildman–Crippen MR) is 111 cm³/mol. The maximum Gasteiger partial charge on any atom is 0.401 e. The molecule has 3 heteroatoms. The van der Waals surface area contributed by atoms with Crippen molar-refractivity contribution in [1.29, 1.82) is 0 Å². The van der Waals surface area contributed by atoms with Crippen molar-refractivity contribution in [2.75, 3.05) is 0 Å². The molecule has 1 heterocycles. The van der Waals surface area contributed by atoms with Crippen LogP contribution in [-0.4, -0.2) is 11.1 Å². The van der Waals surface area contributed by atoms with Gasteiger partial charge >= 0.3 is 5.97 Å². The zero-order valence-corrected chi connectivity index (χ0v) is 15.5. The van der Waals surface area contributed by atoms with Gasteiger partial charge in [-0.05, 0) is 30.2 Å². The van der Waals surface area contributed by atoms with Gasteiger partial charge in [0.1, 0.15) is 0 Å². The molecule has 0 fully saturated rings. The second-order valence-electron chi connectivity index (χ2n) is 6.72. The van der Waals surface area contributed by atoms with E-state index in [-0.39, 0.29) is 5.69 Å². The zero-order valence-electron chi connectivity index (χ0n) is 15.5. The van der Waals surface area contributed by atoms with Gasteiger partial charge in [0, 0.05) is 29.8 Å². The zero-order chi connectivity index (χ0) is 19.5. The highest BCUT2D eigenvalue weighted by molar-refractivity contribution is 5.87. The maximum absolute atomic E-state index is 12.2. The predicted octanol–water partition coefficient (Wildman–Crippen LogP) is 5.30. The molecule has 136 valence electrons. The van der Waals surface area contributed by atoms with Gasteiger partial charge in [0.15, 0.2) is 0 Å². The first-order valence-electron chi connectivity index (χ1n) is 9.15. The quantitative estimate of drug-likeness (QED) is 0.498. The summed E-state index contributed by atoms with van der Waals surface area (Å²) in [6.07, 6.45) is 0. The number of benzene rings is 3.